The lowest BCUT2D eigenvalue weighted by atomic mass is 10.1. The maximum atomic E-state index is 13.2. The van der Waals surface area contributed by atoms with Crippen LogP contribution in [0.1, 0.15) is 24.2 Å². The van der Waals surface area contributed by atoms with Crippen LogP contribution in [0.3, 0.4) is 0 Å². The Morgan fingerprint density at radius 3 is 2.38 bits per heavy atom. The molecule has 2 aromatic carbocycles. The average molecular weight is 371 g/mol. The van der Waals surface area contributed by atoms with Crippen LogP contribution in [0.15, 0.2) is 53.3 Å². The fraction of sp³-hybridized carbons (Fsp3) is 0.200. The molecule has 3 aromatic rings. The molecule has 0 fully saturated rings. The third-order valence-corrected chi connectivity index (χ3v) is 4.64. The third kappa shape index (κ3) is 2.84. The van der Waals surface area contributed by atoms with E-state index in [1.165, 1.54) is 9.47 Å². The highest BCUT2D eigenvalue weighted by Gasteiger charge is 2.28. The molecule has 1 heterocycles. The standard InChI is InChI=1S/C20H19ClN2O3/c1-12(2)23(13-8-5-4-6-9-13)20(26)17-18(24)16-14(21)10-7-11-15(16)22(3)19(17)25/h4-12,24H,1-3H3. The number of hydrogen-bond donors (Lipinski definition) is 1. The number of aromatic nitrogens is 1. The molecular weight excluding hydrogens is 352 g/mol. The summed E-state index contributed by atoms with van der Waals surface area (Å²) in [6, 6.07) is 13.8. The topological polar surface area (TPSA) is 62.5 Å². The van der Waals surface area contributed by atoms with E-state index >= 15 is 0 Å². The van der Waals surface area contributed by atoms with E-state index < -0.39 is 11.5 Å². The van der Waals surface area contributed by atoms with Gasteiger partial charge in [-0.15, -0.1) is 0 Å². The van der Waals surface area contributed by atoms with E-state index in [1.54, 1.807) is 37.4 Å². The Balaban J connectivity index is 2.29. The first kappa shape index (κ1) is 18.0. The molecule has 134 valence electrons. The number of para-hydroxylation sites is 1. The van der Waals surface area contributed by atoms with Crippen molar-refractivity contribution in [1.29, 1.82) is 0 Å². The molecule has 0 atom stereocenters. The predicted molar refractivity (Wildman–Crippen MR) is 104 cm³/mol. The Morgan fingerprint density at radius 1 is 1.12 bits per heavy atom. The molecule has 1 N–H and O–H groups in total. The molecule has 6 heteroatoms. The number of fused-ring (bicyclic) bond motifs is 1. The summed E-state index contributed by atoms with van der Waals surface area (Å²) < 4.78 is 1.33. The maximum Gasteiger partial charge on any atom is 0.267 e. The van der Waals surface area contributed by atoms with E-state index in [4.69, 9.17) is 11.6 Å². The van der Waals surface area contributed by atoms with Gasteiger partial charge in [0.1, 0.15) is 11.3 Å². The van der Waals surface area contributed by atoms with Gasteiger partial charge in [-0.1, -0.05) is 35.9 Å². The fourth-order valence-electron chi connectivity index (χ4n) is 3.08. The molecule has 1 amide bonds. The van der Waals surface area contributed by atoms with Gasteiger partial charge in [0.25, 0.3) is 11.5 Å². The normalized spacial score (nSPS) is 11.1. The molecule has 0 saturated heterocycles. The molecule has 0 bridgehead atoms. The monoisotopic (exact) mass is 370 g/mol. The van der Waals surface area contributed by atoms with Gasteiger partial charge in [0.15, 0.2) is 0 Å². The molecule has 0 spiro atoms. The van der Waals surface area contributed by atoms with Gasteiger partial charge < -0.3 is 14.6 Å². The van der Waals surface area contributed by atoms with Crippen molar-refractivity contribution in [2.24, 2.45) is 7.05 Å². The number of pyridine rings is 1. The van der Waals surface area contributed by atoms with Crippen molar-refractivity contribution in [3.63, 3.8) is 0 Å². The van der Waals surface area contributed by atoms with Gasteiger partial charge in [0.2, 0.25) is 0 Å². The zero-order chi connectivity index (χ0) is 19.0. The van der Waals surface area contributed by atoms with E-state index in [9.17, 15) is 14.7 Å². The third-order valence-electron chi connectivity index (χ3n) is 4.33. The van der Waals surface area contributed by atoms with Gasteiger partial charge >= 0.3 is 0 Å². The van der Waals surface area contributed by atoms with Crippen LogP contribution in [-0.4, -0.2) is 21.6 Å². The summed E-state index contributed by atoms with van der Waals surface area (Å²) in [6.45, 7) is 3.70. The van der Waals surface area contributed by atoms with Gasteiger partial charge in [-0.3, -0.25) is 9.59 Å². The second-order valence-electron chi connectivity index (χ2n) is 6.33. The molecule has 3 rings (SSSR count). The molecule has 5 nitrogen and oxygen atoms in total. The summed E-state index contributed by atoms with van der Waals surface area (Å²) in [5.74, 6) is -0.952. The van der Waals surface area contributed by atoms with Crippen LogP contribution in [-0.2, 0) is 7.05 Å². The maximum absolute atomic E-state index is 13.2. The summed E-state index contributed by atoms with van der Waals surface area (Å²) in [5, 5.41) is 11.3. The SMILES string of the molecule is CC(C)N(C(=O)c1c(O)c2c(Cl)cccc2n(C)c1=O)c1ccccc1. The average Bonchev–Trinajstić information content (AvgIpc) is 2.60. The van der Waals surface area contributed by atoms with Gasteiger partial charge in [0.05, 0.1) is 15.9 Å². The number of aromatic hydroxyl groups is 1. The summed E-state index contributed by atoms with van der Waals surface area (Å²) in [4.78, 5) is 27.6. The number of hydrogen-bond acceptors (Lipinski definition) is 3. The number of aryl methyl sites for hydroxylation is 1. The van der Waals surface area contributed by atoms with E-state index in [2.05, 4.69) is 0 Å². The van der Waals surface area contributed by atoms with Crippen molar-refractivity contribution in [2.45, 2.75) is 19.9 Å². The lowest BCUT2D eigenvalue weighted by Crippen LogP contribution is -2.40. The van der Waals surface area contributed by atoms with Crippen LogP contribution in [0.2, 0.25) is 5.02 Å². The smallest absolute Gasteiger partial charge is 0.267 e. The van der Waals surface area contributed by atoms with Crippen LogP contribution in [0.4, 0.5) is 5.69 Å². The number of halogens is 1. The highest BCUT2D eigenvalue weighted by molar-refractivity contribution is 6.36. The minimum Gasteiger partial charge on any atom is -0.506 e. The first-order chi connectivity index (χ1) is 12.3. The second kappa shape index (κ2) is 6.84. The first-order valence-electron chi connectivity index (χ1n) is 8.23. The van der Waals surface area contributed by atoms with Gasteiger partial charge in [0, 0.05) is 18.8 Å². The van der Waals surface area contributed by atoms with Gasteiger partial charge in [-0.05, 0) is 38.1 Å². The molecular formula is C20H19ClN2O3. The van der Waals surface area contributed by atoms with Crippen LogP contribution < -0.4 is 10.5 Å². The number of carbonyl (C=O) groups excluding carboxylic acids is 1. The zero-order valence-electron chi connectivity index (χ0n) is 14.7. The molecule has 0 aliphatic carbocycles. The lowest BCUT2D eigenvalue weighted by Gasteiger charge is -2.27. The number of anilines is 1. The Hall–Kier alpha value is -2.79. The molecule has 0 saturated carbocycles. The van der Waals surface area contributed by atoms with E-state index in [0.29, 0.717) is 11.2 Å². The molecule has 0 radical (unpaired) electrons. The van der Waals surface area contributed by atoms with Crippen molar-refractivity contribution < 1.29 is 9.90 Å². The minimum atomic E-state index is -0.566. The Kier molecular flexibility index (Phi) is 4.74. The summed E-state index contributed by atoms with van der Waals surface area (Å²) >= 11 is 6.22. The van der Waals surface area contributed by atoms with Crippen LogP contribution in [0.5, 0.6) is 5.75 Å². The highest BCUT2D eigenvalue weighted by Crippen LogP contribution is 2.33. The lowest BCUT2D eigenvalue weighted by molar-refractivity contribution is 0.0976. The first-order valence-corrected chi connectivity index (χ1v) is 8.61. The van der Waals surface area contributed by atoms with Crippen molar-refractivity contribution in [2.75, 3.05) is 4.90 Å². The van der Waals surface area contributed by atoms with Gasteiger partial charge in [-0.25, -0.2) is 0 Å². The van der Waals surface area contributed by atoms with E-state index in [-0.39, 0.29) is 27.8 Å². The molecule has 0 unspecified atom stereocenters. The minimum absolute atomic E-state index is 0.212. The molecule has 0 aliphatic rings. The number of carbonyl (C=O) groups is 1. The number of rotatable bonds is 3. The summed E-state index contributed by atoms with van der Waals surface area (Å²) in [5.41, 5.74) is 0.259. The Bertz CT molecular complexity index is 1040. The zero-order valence-corrected chi connectivity index (χ0v) is 15.5. The second-order valence-corrected chi connectivity index (χ2v) is 6.73. The van der Waals surface area contributed by atoms with E-state index in [0.717, 1.165) is 0 Å². The summed E-state index contributed by atoms with van der Waals surface area (Å²) in [7, 11) is 1.56. The van der Waals surface area contributed by atoms with E-state index in [1.807, 2.05) is 32.0 Å². The Labute approximate surface area is 156 Å². The van der Waals surface area contributed by atoms with Crippen LogP contribution in [0.25, 0.3) is 10.9 Å². The molecule has 1 aromatic heterocycles. The van der Waals surface area contributed by atoms with Crippen molar-refractivity contribution in [3.8, 4) is 5.75 Å². The largest absolute Gasteiger partial charge is 0.506 e. The van der Waals surface area contributed by atoms with Crippen molar-refractivity contribution >= 4 is 34.1 Å². The summed E-state index contributed by atoms with van der Waals surface area (Å²) in [6.07, 6.45) is 0. The van der Waals surface area contributed by atoms with Crippen molar-refractivity contribution in [3.05, 3.63) is 69.5 Å². The van der Waals surface area contributed by atoms with Crippen molar-refractivity contribution in [1.82, 2.24) is 4.57 Å². The molecule has 0 aliphatic heterocycles. The number of benzene rings is 2. The van der Waals surface area contributed by atoms with Crippen LogP contribution >= 0.6 is 11.6 Å². The number of nitrogens with zero attached hydrogens (tertiary/aromatic N) is 2. The predicted octanol–water partition coefficient (Wildman–Crippen LogP) is 3.95. The molecule has 26 heavy (non-hydrogen) atoms. The van der Waals surface area contributed by atoms with Gasteiger partial charge in [-0.2, -0.15) is 0 Å². The fourth-order valence-corrected chi connectivity index (χ4v) is 3.34. The van der Waals surface area contributed by atoms with Crippen LogP contribution in [0, 0.1) is 0 Å². The highest BCUT2D eigenvalue weighted by atomic mass is 35.5. The Morgan fingerprint density at radius 2 is 1.77 bits per heavy atom. The number of amides is 1. The quantitative estimate of drug-likeness (QED) is 0.759.